The maximum absolute atomic E-state index is 9.60. The lowest BCUT2D eigenvalue weighted by atomic mass is 10.1. The highest BCUT2D eigenvalue weighted by Crippen LogP contribution is 2.40. The van der Waals surface area contributed by atoms with Crippen LogP contribution in [0, 0.1) is 22.7 Å². The van der Waals surface area contributed by atoms with Crippen molar-refractivity contribution in [2.24, 2.45) is 0 Å². The number of furan rings is 1. The van der Waals surface area contributed by atoms with Gasteiger partial charge in [0.1, 0.15) is 17.2 Å². The number of nitrogens with zero attached hydrogens (tertiary/aromatic N) is 5. The number of hydrogen-bond donors (Lipinski definition) is 0. The van der Waals surface area contributed by atoms with Crippen LogP contribution in [0.25, 0.3) is 77.2 Å². The topological polar surface area (TPSA) is 83.5 Å². The van der Waals surface area contributed by atoms with Gasteiger partial charge in [-0.05, 0) is 66.7 Å². The summed E-state index contributed by atoms with van der Waals surface area (Å²) in [5.41, 5.74) is 6.64. The third-order valence-electron chi connectivity index (χ3n) is 8.38. The second-order valence-corrected chi connectivity index (χ2v) is 10.7. The Morgan fingerprint density at radius 1 is 0.512 bits per heavy atom. The van der Waals surface area contributed by atoms with Crippen molar-refractivity contribution in [1.29, 1.82) is 10.5 Å². The summed E-state index contributed by atoms with van der Waals surface area (Å²) >= 11 is 0. The third kappa shape index (κ3) is 3.18. The molecule has 0 aliphatic rings. The van der Waals surface area contributed by atoms with Crippen molar-refractivity contribution in [3.8, 4) is 23.8 Å². The summed E-state index contributed by atoms with van der Waals surface area (Å²) in [5, 5.41) is 25.4. The molecule has 43 heavy (non-hydrogen) atoms. The second-order valence-electron chi connectivity index (χ2n) is 10.7. The zero-order valence-corrected chi connectivity index (χ0v) is 22.6. The van der Waals surface area contributed by atoms with Gasteiger partial charge >= 0.3 is 0 Å². The van der Waals surface area contributed by atoms with Crippen LogP contribution in [-0.4, -0.2) is 14.1 Å². The molecule has 0 radical (unpaired) electrons. The maximum atomic E-state index is 9.60. The molecule has 4 heterocycles. The van der Waals surface area contributed by atoms with Crippen LogP contribution >= 0.6 is 0 Å². The molecule has 4 aromatic heterocycles. The minimum absolute atomic E-state index is 0.566. The molecule has 6 heteroatoms. The molecule has 0 amide bonds. The molecule has 0 unspecified atom stereocenters. The SMILES string of the molecule is N#Cc1ccc2c(c1)c1cc(C#N)ccc1n2-c1cccc(-n2c3ccccc3c3ccc4c5ccccc5oc4c32)n1. The third-order valence-corrected chi connectivity index (χ3v) is 8.38. The molecule has 0 saturated carbocycles. The molecule has 5 aromatic carbocycles. The van der Waals surface area contributed by atoms with Gasteiger partial charge < -0.3 is 4.42 Å². The molecule has 0 spiro atoms. The number of rotatable bonds is 2. The molecule has 0 aliphatic carbocycles. The quantitative estimate of drug-likeness (QED) is 0.215. The van der Waals surface area contributed by atoms with Gasteiger partial charge in [-0.1, -0.05) is 48.5 Å². The zero-order chi connectivity index (χ0) is 28.7. The van der Waals surface area contributed by atoms with Crippen molar-refractivity contribution in [1.82, 2.24) is 14.1 Å². The van der Waals surface area contributed by atoms with Gasteiger partial charge in [0.25, 0.3) is 0 Å². The van der Waals surface area contributed by atoms with E-state index in [-0.39, 0.29) is 0 Å². The minimum Gasteiger partial charge on any atom is -0.454 e. The number of para-hydroxylation sites is 2. The van der Waals surface area contributed by atoms with Crippen molar-refractivity contribution >= 4 is 65.6 Å². The van der Waals surface area contributed by atoms with E-state index in [1.54, 1.807) is 0 Å². The van der Waals surface area contributed by atoms with Crippen LogP contribution in [0.2, 0.25) is 0 Å². The van der Waals surface area contributed by atoms with Gasteiger partial charge in [0.05, 0.1) is 45.3 Å². The number of fused-ring (bicyclic) bond motifs is 10. The van der Waals surface area contributed by atoms with Gasteiger partial charge in [0, 0.05) is 32.3 Å². The normalized spacial score (nSPS) is 11.7. The lowest BCUT2D eigenvalue weighted by Gasteiger charge is -2.11. The Bertz CT molecular complexity index is 2640. The first kappa shape index (κ1) is 23.3. The fourth-order valence-electron chi connectivity index (χ4n) is 6.54. The number of benzene rings is 5. The summed E-state index contributed by atoms with van der Waals surface area (Å²) in [6, 6.07) is 42.6. The smallest absolute Gasteiger partial charge is 0.160 e. The largest absolute Gasteiger partial charge is 0.454 e. The Hall–Kier alpha value is -6.37. The van der Waals surface area contributed by atoms with Crippen LogP contribution in [0.15, 0.2) is 120 Å². The fraction of sp³-hybridized carbons (Fsp3) is 0. The van der Waals surface area contributed by atoms with Crippen LogP contribution in [0.1, 0.15) is 11.1 Å². The number of hydrogen-bond acceptors (Lipinski definition) is 4. The highest BCUT2D eigenvalue weighted by atomic mass is 16.3. The molecular formula is C37H19N5O. The van der Waals surface area contributed by atoms with E-state index in [0.29, 0.717) is 11.1 Å². The van der Waals surface area contributed by atoms with Crippen molar-refractivity contribution in [2.45, 2.75) is 0 Å². The van der Waals surface area contributed by atoms with Crippen molar-refractivity contribution in [3.63, 3.8) is 0 Å². The van der Waals surface area contributed by atoms with E-state index in [1.165, 1.54) is 0 Å². The molecule has 0 fully saturated rings. The molecule has 0 aliphatic heterocycles. The Labute approximate surface area is 244 Å². The Balaban J connectivity index is 1.38. The molecule has 0 bridgehead atoms. The van der Waals surface area contributed by atoms with Gasteiger partial charge in [0.2, 0.25) is 0 Å². The lowest BCUT2D eigenvalue weighted by Crippen LogP contribution is -2.03. The standard InChI is InChI=1S/C37H19N5O/c38-20-22-12-16-31-28(18-22)29-19-23(21-39)13-17-32(29)41(31)34-10-5-11-35(40-34)42-30-8-3-1-6-24(30)26-14-15-27-25-7-2-4-9-33(25)43-37(27)36(26)42/h1-19H. The summed E-state index contributed by atoms with van der Waals surface area (Å²) in [4.78, 5) is 5.26. The van der Waals surface area contributed by atoms with Crippen LogP contribution < -0.4 is 0 Å². The number of aromatic nitrogens is 3. The van der Waals surface area contributed by atoms with E-state index in [9.17, 15) is 10.5 Å². The predicted molar refractivity (Wildman–Crippen MR) is 170 cm³/mol. The molecule has 0 saturated heterocycles. The van der Waals surface area contributed by atoms with Gasteiger partial charge in [-0.2, -0.15) is 10.5 Å². The van der Waals surface area contributed by atoms with E-state index in [0.717, 1.165) is 77.2 Å². The summed E-state index contributed by atoms with van der Waals surface area (Å²) in [6.07, 6.45) is 0. The van der Waals surface area contributed by atoms with E-state index in [1.807, 2.05) is 78.9 Å². The predicted octanol–water partition coefficient (Wildman–Crippen LogP) is 8.92. The van der Waals surface area contributed by atoms with Crippen LogP contribution in [-0.2, 0) is 0 Å². The van der Waals surface area contributed by atoms with E-state index in [4.69, 9.17) is 9.40 Å². The van der Waals surface area contributed by atoms with Gasteiger partial charge in [-0.25, -0.2) is 4.98 Å². The average molecular weight is 550 g/mol. The van der Waals surface area contributed by atoms with Crippen LogP contribution in [0.4, 0.5) is 0 Å². The molecule has 0 N–H and O–H groups in total. The highest BCUT2D eigenvalue weighted by Gasteiger charge is 2.20. The summed E-state index contributed by atoms with van der Waals surface area (Å²) in [7, 11) is 0. The van der Waals surface area contributed by atoms with E-state index < -0.39 is 0 Å². The van der Waals surface area contributed by atoms with Crippen molar-refractivity contribution < 1.29 is 4.42 Å². The number of nitriles is 2. The van der Waals surface area contributed by atoms with Crippen LogP contribution in [0.5, 0.6) is 0 Å². The van der Waals surface area contributed by atoms with Gasteiger partial charge in [-0.15, -0.1) is 0 Å². The molecule has 0 atom stereocenters. The van der Waals surface area contributed by atoms with Gasteiger partial charge in [-0.3, -0.25) is 9.13 Å². The molecule has 198 valence electrons. The number of pyridine rings is 1. The Morgan fingerprint density at radius 3 is 1.84 bits per heavy atom. The Morgan fingerprint density at radius 2 is 1.12 bits per heavy atom. The summed E-state index contributed by atoms with van der Waals surface area (Å²) in [5.74, 6) is 1.49. The first-order valence-corrected chi connectivity index (χ1v) is 13.9. The molecule has 6 nitrogen and oxygen atoms in total. The lowest BCUT2D eigenvalue weighted by molar-refractivity contribution is 0.671. The minimum atomic E-state index is 0.566. The fourth-order valence-corrected chi connectivity index (χ4v) is 6.54. The van der Waals surface area contributed by atoms with E-state index in [2.05, 4.69) is 57.7 Å². The second kappa shape index (κ2) is 8.57. The average Bonchev–Trinajstić information content (AvgIpc) is 3.72. The first-order chi connectivity index (χ1) is 21.2. The van der Waals surface area contributed by atoms with E-state index >= 15 is 0 Å². The summed E-state index contributed by atoms with van der Waals surface area (Å²) < 4.78 is 10.8. The molecule has 9 rings (SSSR count). The van der Waals surface area contributed by atoms with Crippen LogP contribution in [0.3, 0.4) is 0 Å². The van der Waals surface area contributed by atoms with Gasteiger partial charge in [0.15, 0.2) is 5.58 Å². The monoisotopic (exact) mass is 549 g/mol. The van der Waals surface area contributed by atoms with Crippen molar-refractivity contribution in [2.75, 3.05) is 0 Å². The van der Waals surface area contributed by atoms with Crippen molar-refractivity contribution in [3.05, 3.63) is 126 Å². The Kier molecular flexibility index (Phi) is 4.65. The molecule has 9 aromatic rings. The highest BCUT2D eigenvalue weighted by molar-refractivity contribution is 6.21. The summed E-state index contributed by atoms with van der Waals surface area (Å²) in [6.45, 7) is 0. The first-order valence-electron chi connectivity index (χ1n) is 13.9. The molecular weight excluding hydrogens is 530 g/mol. The maximum Gasteiger partial charge on any atom is 0.160 e. The zero-order valence-electron chi connectivity index (χ0n) is 22.6.